The number of benzene rings is 2. The molecule has 0 saturated carbocycles. The van der Waals surface area contributed by atoms with Gasteiger partial charge in [-0.25, -0.2) is 14.1 Å². The Morgan fingerprint density at radius 3 is 2.44 bits per heavy atom. The normalized spacial score (nSPS) is 22.7. The molecule has 2 aliphatic heterocycles. The molecule has 4 rings (SSSR count). The molecule has 0 N–H and O–H groups in total. The average Bonchev–Trinajstić information content (AvgIpc) is 3.12. The summed E-state index contributed by atoms with van der Waals surface area (Å²) in [5.41, 5.74) is 1.17. The number of halogens is 3. The van der Waals surface area contributed by atoms with E-state index in [9.17, 15) is 14.0 Å². The van der Waals surface area contributed by atoms with Crippen LogP contribution in [0.2, 0.25) is 10.0 Å². The lowest BCUT2D eigenvalue weighted by Crippen LogP contribution is -2.33. The van der Waals surface area contributed by atoms with Gasteiger partial charge in [0.05, 0.1) is 15.7 Å². The molecule has 2 aromatic rings. The molecule has 0 bridgehead atoms. The van der Waals surface area contributed by atoms with E-state index < -0.39 is 12.1 Å². The van der Waals surface area contributed by atoms with Crippen molar-refractivity contribution >= 4 is 52.6 Å². The summed E-state index contributed by atoms with van der Waals surface area (Å²) >= 11 is 13.4. The SMILES string of the molecule is O=C1[C@@H]2CSC(c3ccc(F)cc3)N2C(=O)N1c1ccc(Cl)c(Cl)c1. The fourth-order valence-corrected chi connectivity index (χ4v) is 4.74. The molecular formula is C17H11Cl2FN2O2S. The van der Waals surface area contributed by atoms with Crippen LogP contribution in [0, 0.1) is 5.82 Å². The molecule has 2 atom stereocenters. The van der Waals surface area contributed by atoms with Gasteiger partial charge in [0.25, 0.3) is 5.91 Å². The number of carbonyl (C=O) groups excluding carboxylic acids is 2. The maximum atomic E-state index is 13.2. The summed E-state index contributed by atoms with van der Waals surface area (Å²) in [5, 5.41) is 0.302. The van der Waals surface area contributed by atoms with Gasteiger partial charge in [0.1, 0.15) is 17.2 Å². The van der Waals surface area contributed by atoms with Gasteiger partial charge in [0.2, 0.25) is 0 Å². The lowest BCUT2D eigenvalue weighted by atomic mass is 10.2. The second-order valence-electron chi connectivity index (χ2n) is 5.71. The van der Waals surface area contributed by atoms with E-state index in [2.05, 4.69) is 0 Å². The molecule has 1 unspecified atom stereocenters. The number of anilines is 1. The van der Waals surface area contributed by atoms with Crippen molar-refractivity contribution in [3.63, 3.8) is 0 Å². The van der Waals surface area contributed by atoms with Crippen LogP contribution in [0.5, 0.6) is 0 Å². The zero-order valence-corrected chi connectivity index (χ0v) is 15.0. The smallest absolute Gasteiger partial charge is 0.295 e. The molecule has 3 amide bonds. The van der Waals surface area contributed by atoms with E-state index in [1.807, 2.05) is 0 Å². The molecule has 2 saturated heterocycles. The Hall–Kier alpha value is -1.76. The standard InChI is InChI=1S/C17H11Cl2FN2O2S/c18-12-6-5-11(7-13(12)19)21-15(23)14-8-25-16(22(14)17(21)24)9-1-3-10(20)4-2-9/h1-7,14,16H,8H2/t14-,16?/m0/s1. The summed E-state index contributed by atoms with van der Waals surface area (Å²) in [7, 11) is 0. The molecule has 2 heterocycles. The number of imide groups is 1. The second kappa shape index (κ2) is 6.20. The van der Waals surface area contributed by atoms with Crippen LogP contribution in [0.1, 0.15) is 10.9 Å². The van der Waals surface area contributed by atoms with Crippen molar-refractivity contribution in [1.29, 1.82) is 0 Å². The van der Waals surface area contributed by atoms with E-state index in [1.54, 1.807) is 29.2 Å². The van der Waals surface area contributed by atoms with Gasteiger partial charge in [0.15, 0.2) is 0 Å². The highest BCUT2D eigenvalue weighted by Gasteiger charge is 2.53. The van der Waals surface area contributed by atoms with E-state index in [0.717, 1.165) is 10.5 Å². The Morgan fingerprint density at radius 1 is 1.04 bits per heavy atom. The largest absolute Gasteiger partial charge is 0.333 e. The highest BCUT2D eigenvalue weighted by molar-refractivity contribution is 7.99. The summed E-state index contributed by atoms with van der Waals surface area (Å²) in [4.78, 5) is 28.3. The van der Waals surface area contributed by atoms with Crippen LogP contribution >= 0.6 is 35.0 Å². The van der Waals surface area contributed by atoms with Crippen molar-refractivity contribution in [1.82, 2.24) is 4.90 Å². The fraction of sp³-hybridized carbons (Fsp3) is 0.176. The highest BCUT2D eigenvalue weighted by Crippen LogP contribution is 2.46. The predicted octanol–water partition coefficient (Wildman–Crippen LogP) is 4.72. The molecule has 25 heavy (non-hydrogen) atoms. The monoisotopic (exact) mass is 396 g/mol. The number of nitrogens with zero attached hydrogens (tertiary/aromatic N) is 2. The first-order valence-corrected chi connectivity index (χ1v) is 9.26. The fourth-order valence-electron chi connectivity index (χ4n) is 3.04. The molecule has 0 radical (unpaired) electrons. The van der Waals surface area contributed by atoms with Crippen molar-refractivity contribution in [2.45, 2.75) is 11.4 Å². The van der Waals surface area contributed by atoms with Gasteiger partial charge in [0, 0.05) is 5.75 Å². The minimum absolute atomic E-state index is 0.274. The van der Waals surface area contributed by atoms with Crippen molar-refractivity contribution in [2.24, 2.45) is 0 Å². The molecule has 0 spiro atoms. The number of urea groups is 1. The number of hydrogen-bond donors (Lipinski definition) is 0. The Morgan fingerprint density at radius 2 is 1.76 bits per heavy atom. The number of thioether (sulfide) groups is 1. The first-order valence-electron chi connectivity index (χ1n) is 7.46. The number of amides is 3. The molecule has 128 valence electrons. The Labute approximate surface area is 157 Å². The number of hydrogen-bond acceptors (Lipinski definition) is 3. The van der Waals surface area contributed by atoms with Crippen LogP contribution in [0.4, 0.5) is 14.9 Å². The Bertz CT molecular complexity index is 877. The first kappa shape index (κ1) is 16.7. The third-order valence-corrected chi connectivity index (χ3v) is 6.30. The minimum atomic E-state index is -0.540. The zero-order valence-electron chi connectivity index (χ0n) is 12.7. The minimum Gasteiger partial charge on any atom is -0.295 e. The number of carbonyl (C=O) groups is 2. The maximum Gasteiger partial charge on any atom is 0.333 e. The summed E-state index contributed by atoms with van der Waals surface area (Å²) in [6, 6.07) is 9.66. The van der Waals surface area contributed by atoms with Gasteiger partial charge in [-0.15, -0.1) is 11.8 Å². The molecule has 2 fully saturated rings. The van der Waals surface area contributed by atoms with E-state index >= 15 is 0 Å². The average molecular weight is 397 g/mol. The lowest BCUT2D eigenvalue weighted by Gasteiger charge is -2.23. The van der Waals surface area contributed by atoms with Crippen molar-refractivity contribution < 1.29 is 14.0 Å². The van der Waals surface area contributed by atoms with Gasteiger partial charge in [-0.3, -0.25) is 9.69 Å². The van der Waals surface area contributed by atoms with Gasteiger partial charge >= 0.3 is 6.03 Å². The topological polar surface area (TPSA) is 40.6 Å². The summed E-state index contributed by atoms with van der Waals surface area (Å²) in [6.07, 6.45) is 0. The van der Waals surface area contributed by atoms with Crippen LogP contribution in [0.15, 0.2) is 42.5 Å². The predicted molar refractivity (Wildman–Crippen MR) is 96.6 cm³/mol. The Balaban J connectivity index is 1.68. The van der Waals surface area contributed by atoms with Crippen molar-refractivity contribution in [2.75, 3.05) is 10.7 Å². The maximum absolute atomic E-state index is 13.2. The van der Waals surface area contributed by atoms with Gasteiger partial charge in [-0.05, 0) is 35.9 Å². The van der Waals surface area contributed by atoms with Crippen LogP contribution < -0.4 is 4.90 Å². The summed E-state index contributed by atoms with van der Waals surface area (Å²) < 4.78 is 13.2. The van der Waals surface area contributed by atoms with Crippen LogP contribution in [-0.4, -0.2) is 28.6 Å². The number of rotatable bonds is 2. The quantitative estimate of drug-likeness (QED) is 0.689. The third kappa shape index (κ3) is 2.69. The second-order valence-corrected chi connectivity index (χ2v) is 7.64. The molecule has 8 heteroatoms. The summed E-state index contributed by atoms with van der Waals surface area (Å²) in [5.74, 6) is -0.144. The van der Waals surface area contributed by atoms with E-state index in [4.69, 9.17) is 23.2 Å². The van der Waals surface area contributed by atoms with Gasteiger partial charge in [-0.2, -0.15) is 0 Å². The van der Waals surface area contributed by atoms with E-state index in [1.165, 1.54) is 30.0 Å². The van der Waals surface area contributed by atoms with Crippen LogP contribution in [0.25, 0.3) is 0 Å². The van der Waals surface area contributed by atoms with Gasteiger partial charge in [-0.1, -0.05) is 35.3 Å². The van der Waals surface area contributed by atoms with E-state index in [-0.39, 0.29) is 22.1 Å². The van der Waals surface area contributed by atoms with Crippen LogP contribution in [-0.2, 0) is 4.79 Å². The third-order valence-electron chi connectivity index (χ3n) is 4.23. The molecule has 4 nitrogen and oxygen atoms in total. The van der Waals surface area contributed by atoms with Crippen LogP contribution in [0.3, 0.4) is 0 Å². The molecule has 0 aliphatic carbocycles. The van der Waals surface area contributed by atoms with Crippen molar-refractivity contribution in [3.8, 4) is 0 Å². The van der Waals surface area contributed by atoms with E-state index in [0.29, 0.717) is 16.5 Å². The van der Waals surface area contributed by atoms with Gasteiger partial charge < -0.3 is 0 Å². The van der Waals surface area contributed by atoms with Crippen molar-refractivity contribution in [3.05, 3.63) is 63.9 Å². The highest BCUT2D eigenvalue weighted by atomic mass is 35.5. The molecule has 2 aliphatic rings. The lowest BCUT2D eigenvalue weighted by molar-refractivity contribution is -0.119. The molecule has 2 aromatic carbocycles. The zero-order chi connectivity index (χ0) is 17.7. The number of fused-ring (bicyclic) bond motifs is 1. The first-order chi connectivity index (χ1) is 12.0. The Kier molecular flexibility index (Phi) is 4.14. The molecule has 0 aromatic heterocycles. The molecular weight excluding hydrogens is 386 g/mol. The summed E-state index contributed by atoms with van der Waals surface area (Å²) in [6.45, 7) is 0.